The number of aliphatic hydroxyl groups is 2. The number of aliphatic hydroxyl groups excluding tert-OH is 2. The number of fused-ring (bicyclic) bond motifs is 4. The third kappa shape index (κ3) is 6.56. The van der Waals surface area contributed by atoms with Crippen LogP contribution in [0.3, 0.4) is 0 Å². The second-order valence-corrected chi connectivity index (χ2v) is 18.4. The van der Waals surface area contributed by atoms with Gasteiger partial charge in [0.15, 0.2) is 17.0 Å². The molecule has 2 aromatic rings. The van der Waals surface area contributed by atoms with Crippen LogP contribution in [0.25, 0.3) is 6.08 Å². The number of hydrogen-bond acceptors (Lipinski definition) is 12. The zero-order valence-electron chi connectivity index (χ0n) is 36.2. The van der Waals surface area contributed by atoms with Gasteiger partial charge in [-0.3, -0.25) is 9.59 Å². The van der Waals surface area contributed by atoms with Crippen molar-refractivity contribution in [3.8, 4) is 17.2 Å². The summed E-state index contributed by atoms with van der Waals surface area (Å²) in [5, 5.41) is 29.5. The summed E-state index contributed by atoms with van der Waals surface area (Å²) in [5.41, 5.74) is 1.56. The van der Waals surface area contributed by atoms with Gasteiger partial charge in [0.05, 0.1) is 47.6 Å². The normalized spacial score (nSPS) is 29.6. The summed E-state index contributed by atoms with van der Waals surface area (Å²) in [6, 6.07) is -0.461. The molecule has 1 aromatic heterocycles. The number of rotatable bonds is 16. The van der Waals surface area contributed by atoms with Crippen molar-refractivity contribution >= 4 is 29.4 Å². The summed E-state index contributed by atoms with van der Waals surface area (Å²) in [4.78, 5) is 38.6. The predicted molar refractivity (Wildman–Crippen MR) is 227 cm³/mol. The molecule has 5 heterocycles. The second-order valence-electron chi connectivity index (χ2n) is 18.4. The van der Waals surface area contributed by atoms with Gasteiger partial charge in [-0.25, -0.2) is 9.67 Å². The van der Waals surface area contributed by atoms with Crippen LogP contribution < -0.4 is 24.8 Å². The van der Waals surface area contributed by atoms with Crippen molar-refractivity contribution in [1.82, 2.24) is 25.4 Å². The summed E-state index contributed by atoms with van der Waals surface area (Å²) in [7, 11) is 0. The molecule has 322 valence electrons. The zero-order chi connectivity index (χ0) is 42.8. The molecule has 60 heavy (non-hydrogen) atoms. The highest BCUT2D eigenvalue weighted by molar-refractivity contribution is 6.14. The number of amides is 1. The Morgan fingerprint density at radius 2 is 1.78 bits per heavy atom. The van der Waals surface area contributed by atoms with Crippen LogP contribution >= 0.6 is 0 Å². The number of carbonyl (C=O) groups is 2. The molecule has 7 aliphatic rings. The number of nitrogens with one attached hydrogen (secondary N) is 2. The van der Waals surface area contributed by atoms with Gasteiger partial charge in [0.2, 0.25) is 11.9 Å². The first-order chi connectivity index (χ1) is 28.6. The minimum absolute atomic E-state index is 0.00547. The third-order valence-corrected chi connectivity index (χ3v) is 13.3. The van der Waals surface area contributed by atoms with Crippen molar-refractivity contribution in [1.29, 1.82) is 0 Å². The van der Waals surface area contributed by atoms with Gasteiger partial charge in [0, 0.05) is 49.0 Å². The smallest absolute Gasteiger partial charge is 0.248 e. The van der Waals surface area contributed by atoms with E-state index in [0.29, 0.717) is 66.0 Å². The fourth-order valence-corrected chi connectivity index (χ4v) is 10.7. The molecular formula is C46H60N6O8. The number of ether oxygens (including phenoxy) is 4. The van der Waals surface area contributed by atoms with Crippen LogP contribution in [0.5, 0.6) is 17.2 Å². The second kappa shape index (κ2) is 15.7. The van der Waals surface area contributed by atoms with E-state index in [9.17, 15) is 15.0 Å². The first-order valence-corrected chi connectivity index (χ1v) is 21.4. The molecule has 9 rings (SSSR count). The standard InChI is InChI=1S/C46H60N6O8/c1-26(2)10-9-15-44(8)16-14-30-37(58-44)29(12-11-27(3)4)39-33(38(30)57-23-20-47-18-21-53)35-34-36(52-42(51-35)49-25-50-52)31-24-32-43(6,7)60-45(40(31)55,46(32,34)59-39)17-13-28(5)41(56)48-19-22-54/h10-11,13-14,16,25,31-32,34,36,47,53-54H,9,12,15,17-24H2,1-8H3,(H,48,56). The van der Waals surface area contributed by atoms with Gasteiger partial charge in [0.1, 0.15) is 35.8 Å². The first-order valence-electron chi connectivity index (χ1n) is 21.4. The van der Waals surface area contributed by atoms with E-state index in [0.717, 1.165) is 29.5 Å². The number of hydrogen-bond donors (Lipinski definition) is 4. The molecule has 7 unspecified atom stereocenters. The van der Waals surface area contributed by atoms with E-state index in [1.807, 2.05) is 13.8 Å². The van der Waals surface area contributed by atoms with Crippen molar-refractivity contribution in [2.45, 2.75) is 116 Å². The Morgan fingerprint density at radius 3 is 2.52 bits per heavy atom. The molecule has 4 bridgehead atoms. The van der Waals surface area contributed by atoms with Crippen LogP contribution in [0.2, 0.25) is 0 Å². The Morgan fingerprint density at radius 1 is 1.02 bits per heavy atom. The van der Waals surface area contributed by atoms with Crippen molar-refractivity contribution in [3.63, 3.8) is 0 Å². The molecule has 4 aliphatic heterocycles. The fourth-order valence-electron chi connectivity index (χ4n) is 10.7. The minimum atomic E-state index is -1.50. The van der Waals surface area contributed by atoms with Crippen molar-refractivity contribution < 1.29 is 38.7 Å². The lowest BCUT2D eigenvalue weighted by Gasteiger charge is -2.64. The van der Waals surface area contributed by atoms with Crippen LogP contribution in [0, 0.1) is 17.8 Å². The number of benzene rings is 1. The van der Waals surface area contributed by atoms with E-state index < -0.39 is 40.3 Å². The number of aliphatic imine (C=N–C) groups is 1. The van der Waals surface area contributed by atoms with Gasteiger partial charge in [-0.05, 0) is 93.2 Å². The number of aromatic nitrogens is 3. The number of Topliss-reactive ketones (excluding diaryl/α,β-unsaturated/α-hetero) is 1. The van der Waals surface area contributed by atoms with E-state index in [1.54, 1.807) is 17.7 Å². The number of allylic oxidation sites excluding steroid dienone is 4. The lowest BCUT2D eigenvalue weighted by Crippen LogP contribution is -2.79. The Bertz CT molecular complexity index is 2230. The number of nitrogens with zero attached hydrogens (tertiary/aromatic N) is 4. The van der Waals surface area contributed by atoms with Crippen molar-refractivity contribution in [2.24, 2.45) is 22.7 Å². The first kappa shape index (κ1) is 42.1. The molecule has 4 N–H and O–H groups in total. The van der Waals surface area contributed by atoms with E-state index in [1.165, 1.54) is 11.9 Å². The van der Waals surface area contributed by atoms with E-state index in [4.69, 9.17) is 23.9 Å². The Kier molecular flexibility index (Phi) is 11.0. The quantitative estimate of drug-likeness (QED) is 0.0983. The summed E-state index contributed by atoms with van der Waals surface area (Å²) in [5.74, 6) is 0.489. The maximum atomic E-state index is 15.5. The fraction of sp³-hybridized carbons (Fsp3) is 0.587. The maximum absolute atomic E-state index is 15.5. The lowest BCUT2D eigenvalue weighted by atomic mass is 9.44. The third-order valence-electron chi connectivity index (χ3n) is 13.3. The average Bonchev–Trinajstić information content (AvgIpc) is 3.73. The molecule has 0 radical (unpaired) electrons. The highest BCUT2D eigenvalue weighted by Gasteiger charge is 2.86. The van der Waals surface area contributed by atoms with E-state index in [2.05, 4.69) is 79.6 Å². The highest BCUT2D eigenvalue weighted by Crippen LogP contribution is 2.73. The molecule has 1 saturated heterocycles. The van der Waals surface area contributed by atoms with Crippen LogP contribution in [0.1, 0.15) is 104 Å². The Hall–Kier alpha value is -4.63. The summed E-state index contributed by atoms with van der Waals surface area (Å²) in [6.07, 6.45) is 14.5. The van der Waals surface area contributed by atoms with Gasteiger partial charge < -0.3 is 39.8 Å². The lowest BCUT2D eigenvalue weighted by molar-refractivity contribution is -0.207. The number of carbonyl (C=O) groups excluding carboxylic acids is 2. The van der Waals surface area contributed by atoms with Gasteiger partial charge >= 0.3 is 0 Å². The molecule has 1 aromatic carbocycles. The monoisotopic (exact) mass is 824 g/mol. The van der Waals surface area contributed by atoms with Gasteiger partial charge in [-0.1, -0.05) is 29.4 Å². The Balaban J connectivity index is 1.40. The van der Waals surface area contributed by atoms with E-state index in [-0.39, 0.29) is 50.4 Å². The molecule has 3 saturated carbocycles. The van der Waals surface area contributed by atoms with Crippen LogP contribution in [0.4, 0.5) is 5.95 Å². The van der Waals surface area contributed by atoms with Crippen LogP contribution in [0.15, 0.2) is 52.3 Å². The summed E-state index contributed by atoms with van der Waals surface area (Å²) in [6.45, 7) is 17.3. The van der Waals surface area contributed by atoms with Gasteiger partial charge in [-0.15, -0.1) is 0 Å². The Labute approximate surface area is 352 Å². The highest BCUT2D eigenvalue weighted by atomic mass is 16.6. The molecule has 7 atom stereocenters. The minimum Gasteiger partial charge on any atom is -0.491 e. The molecule has 1 spiro atoms. The van der Waals surface area contributed by atoms with Crippen molar-refractivity contribution in [2.75, 3.05) is 39.5 Å². The van der Waals surface area contributed by atoms with E-state index >= 15 is 4.79 Å². The molecule has 14 nitrogen and oxygen atoms in total. The number of ketones is 1. The average molecular weight is 825 g/mol. The molecule has 1 amide bonds. The SMILES string of the molecule is CC(C)=CCCC1(C)C=Cc2c(c(CC=C(C)C)c3c(c2OCCNCCO)C2=Nc4ncnn4C4C5CC6C(C)(C)OC(CC=C(C)C(=O)NCCO)(C5=O)C6(O3)C24)O1. The van der Waals surface area contributed by atoms with Crippen LogP contribution in [-0.2, 0) is 20.7 Å². The zero-order valence-corrected chi connectivity index (χ0v) is 36.2. The molecule has 3 aliphatic carbocycles. The topological polar surface area (TPSA) is 179 Å². The van der Waals surface area contributed by atoms with Crippen LogP contribution in [-0.4, -0.2) is 104 Å². The molecule has 14 heteroatoms. The summed E-state index contributed by atoms with van der Waals surface area (Å²) < 4.78 is 30.9. The van der Waals surface area contributed by atoms with Gasteiger partial charge in [0.25, 0.3) is 0 Å². The maximum Gasteiger partial charge on any atom is 0.248 e. The molecule has 4 fully saturated rings. The predicted octanol–water partition coefficient (Wildman–Crippen LogP) is 5.29. The largest absolute Gasteiger partial charge is 0.491 e. The molecular weight excluding hydrogens is 765 g/mol. The van der Waals surface area contributed by atoms with Gasteiger partial charge in [-0.2, -0.15) is 10.1 Å². The van der Waals surface area contributed by atoms with Crippen molar-refractivity contribution in [3.05, 3.63) is 64.0 Å². The summed E-state index contributed by atoms with van der Waals surface area (Å²) >= 11 is 0.